The van der Waals surface area contributed by atoms with E-state index in [0.29, 0.717) is 19.8 Å². The molecule has 0 saturated heterocycles. The maximum absolute atomic E-state index is 10.6. The van der Waals surface area contributed by atoms with Crippen LogP contribution in [0.3, 0.4) is 0 Å². The molecule has 6 heteroatoms. The van der Waals surface area contributed by atoms with Crippen LogP contribution in [0, 0.1) is 0 Å². The molecule has 0 aliphatic carbocycles. The molecule has 1 N–H and O–H groups in total. The summed E-state index contributed by atoms with van der Waals surface area (Å²) in [7, 11) is 1.96. The van der Waals surface area contributed by atoms with E-state index in [1.54, 1.807) is 5.38 Å². The second-order valence-electron chi connectivity index (χ2n) is 3.38. The van der Waals surface area contributed by atoms with Gasteiger partial charge < -0.3 is 9.84 Å². The molecule has 5 nitrogen and oxygen atoms in total. The maximum Gasteiger partial charge on any atom is 0.365 e. The molecule has 16 heavy (non-hydrogen) atoms. The Labute approximate surface area is 98.7 Å². The molecule has 0 fully saturated rings. The largest absolute Gasteiger partial charge is 0.476 e. The Hall–Kier alpha value is -0.980. The molecule has 90 valence electrons. The van der Waals surface area contributed by atoms with Gasteiger partial charge in [-0.2, -0.15) is 0 Å². The van der Waals surface area contributed by atoms with Crippen molar-refractivity contribution < 1.29 is 14.6 Å². The first-order chi connectivity index (χ1) is 7.63. The molecule has 1 aromatic rings. The first-order valence-corrected chi connectivity index (χ1v) is 5.95. The minimum absolute atomic E-state index is 0.146. The lowest BCUT2D eigenvalue weighted by Gasteiger charge is -2.14. The van der Waals surface area contributed by atoms with Crippen molar-refractivity contribution in [3.05, 3.63) is 16.1 Å². The summed E-state index contributed by atoms with van der Waals surface area (Å²) < 4.78 is 5.23. The Balaban J connectivity index is 2.37. The smallest absolute Gasteiger partial charge is 0.365 e. The summed E-state index contributed by atoms with van der Waals surface area (Å²) >= 11 is 1.16. The van der Waals surface area contributed by atoms with Gasteiger partial charge >= 0.3 is 5.97 Å². The van der Waals surface area contributed by atoms with E-state index in [9.17, 15) is 4.79 Å². The summed E-state index contributed by atoms with van der Waals surface area (Å²) in [4.78, 5) is 16.7. The van der Waals surface area contributed by atoms with E-state index in [-0.39, 0.29) is 5.01 Å². The number of hydrogen-bond donors (Lipinski definition) is 1. The monoisotopic (exact) mass is 244 g/mol. The number of carboxylic acid groups (broad SMARTS) is 1. The lowest BCUT2D eigenvalue weighted by molar-refractivity contribution is 0.0696. The molecule has 0 aliphatic rings. The quantitative estimate of drug-likeness (QED) is 0.733. The second-order valence-corrected chi connectivity index (χ2v) is 4.24. The van der Waals surface area contributed by atoms with Crippen LogP contribution < -0.4 is 0 Å². The Bertz CT molecular complexity index is 341. The Morgan fingerprint density at radius 2 is 2.44 bits per heavy atom. The number of thiazole rings is 1. The molecule has 0 bridgehead atoms. The van der Waals surface area contributed by atoms with Gasteiger partial charge in [-0.3, -0.25) is 4.90 Å². The van der Waals surface area contributed by atoms with Crippen molar-refractivity contribution in [2.24, 2.45) is 0 Å². The normalized spacial score (nSPS) is 10.9. The number of rotatable bonds is 7. The van der Waals surface area contributed by atoms with E-state index in [1.165, 1.54) is 0 Å². The highest BCUT2D eigenvalue weighted by Gasteiger charge is 2.10. The first-order valence-electron chi connectivity index (χ1n) is 5.07. The van der Waals surface area contributed by atoms with E-state index in [4.69, 9.17) is 9.84 Å². The molecular weight excluding hydrogens is 228 g/mol. The number of carbonyl (C=O) groups is 1. The predicted octanol–water partition coefficient (Wildman–Crippen LogP) is 1.31. The minimum Gasteiger partial charge on any atom is -0.476 e. The third kappa shape index (κ3) is 4.26. The number of aromatic carboxylic acids is 1. The third-order valence-corrected chi connectivity index (χ3v) is 2.87. The third-order valence-electron chi connectivity index (χ3n) is 1.99. The Morgan fingerprint density at radius 1 is 1.69 bits per heavy atom. The summed E-state index contributed by atoms with van der Waals surface area (Å²) in [6.07, 6.45) is 0. The van der Waals surface area contributed by atoms with Crippen LogP contribution in [0.2, 0.25) is 0 Å². The molecular formula is C10H16N2O3S. The minimum atomic E-state index is -0.965. The number of ether oxygens (including phenoxy) is 1. The molecule has 0 saturated carbocycles. The lowest BCUT2D eigenvalue weighted by Crippen LogP contribution is -2.23. The number of aromatic nitrogens is 1. The lowest BCUT2D eigenvalue weighted by atomic mass is 10.4. The summed E-state index contributed by atoms with van der Waals surface area (Å²) in [6, 6.07) is 0. The number of carboxylic acids is 1. The van der Waals surface area contributed by atoms with Gasteiger partial charge in [-0.1, -0.05) is 0 Å². The van der Waals surface area contributed by atoms with Gasteiger partial charge in [0.05, 0.1) is 12.3 Å². The Morgan fingerprint density at radius 3 is 3.00 bits per heavy atom. The van der Waals surface area contributed by atoms with Crippen LogP contribution in [0.15, 0.2) is 5.38 Å². The molecule has 0 amide bonds. The standard InChI is InChI=1S/C10H16N2O3S/c1-3-15-5-4-12(2)6-8-7-16-9(11-8)10(13)14/h7H,3-6H2,1-2H3,(H,13,14). The summed E-state index contributed by atoms with van der Waals surface area (Å²) in [5.74, 6) is -0.965. The highest BCUT2D eigenvalue weighted by molar-refractivity contribution is 7.11. The van der Waals surface area contributed by atoms with Crippen molar-refractivity contribution in [1.29, 1.82) is 0 Å². The molecule has 1 heterocycles. The first kappa shape index (κ1) is 13.1. The van der Waals surface area contributed by atoms with Gasteiger partial charge in [-0.05, 0) is 14.0 Å². The van der Waals surface area contributed by atoms with E-state index in [2.05, 4.69) is 9.88 Å². The second kappa shape index (κ2) is 6.57. The van der Waals surface area contributed by atoms with E-state index >= 15 is 0 Å². The maximum atomic E-state index is 10.6. The van der Waals surface area contributed by atoms with Crippen molar-refractivity contribution in [3.8, 4) is 0 Å². The van der Waals surface area contributed by atoms with E-state index < -0.39 is 5.97 Å². The zero-order valence-corrected chi connectivity index (χ0v) is 10.3. The molecule has 0 aromatic carbocycles. The van der Waals surface area contributed by atoms with Gasteiger partial charge in [-0.25, -0.2) is 9.78 Å². The van der Waals surface area contributed by atoms with Crippen LogP contribution >= 0.6 is 11.3 Å². The number of likely N-dealkylation sites (N-methyl/N-ethyl adjacent to an activating group) is 1. The Kier molecular flexibility index (Phi) is 5.37. The number of hydrogen-bond acceptors (Lipinski definition) is 5. The molecule has 1 rings (SSSR count). The van der Waals surface area contributed by atoms with Gasteiger partial charge in [0.15, 0.2) is 0 Å². The van der Waals surface area contributed by atoms with Gasteiger partial charge in [0.1, 0.15) is 0 Å². The van der Waals surface area contributed by atoms with Crippen molar-refractivity contribution in [2.75, 3.05) is 26.8 Å². The molecule has 0 atom stereocenters. The van der Waals surface area contributed by atoms with Crippen LogP contribution in [0.1, 0.15) is 22.4 Å². The van der Waals surface area contributed by atoms with Crippen molar-refractivity contribution in [1.82, 2.24) is 9.88 Å². The van der Waals surface area contributed by atoms with Crippen molar-refractivity contribution in [2.45, 2.75) is 13.5 Å². The highest BCUT2D eigenvalue weighted by atomic mass is 32.1. The van der Waals surface area contributed by atoms with Gasteiger partial charge in [0.25, 0.3) is 0 Å². The summed E-state index contributed by atoms with van der Waals surface area (Å²) in [5.41, 5.74) is 0.793. The van der Waals surface area contributed by atoms with Gasteiger partial charge in [0.2, 0.25) is 5.01 Å². The summed E-state index contributed by atoms with van der Waals surface area (Å²) in [6.45, 7) is 4.82. The average molecular weight is 244 g/mol. The predicted molar refractivity (Wildman–Crippen MR) is 61.9 cm³/mol. The fourth-order valence-electron chi connectivity index (χ4n) is 1.20. The zero-order valence-electron chi connectivity index (χ0n) is 9.47. The SMILES string of the molecule is CCOCCN(C)Cc1csc(C(=O)O)n1. The molecule has 0 radical (unpaired) electrons. The highest BCUT2D eigenvalue weighted by Crippen LogP contribution is 2.10. The van der Waals surface area contributed by atoms with Crippen LogP contribution in [-0.2, 0) is 11.3 Å². The van der Waals surface area contributed by atoms with Crippen LogP contribution in [0.5, 0.6) is 0 Å². The van der Waals surface area contributed by atoms with E-state index in [0.717, 1.165) is 23.6 Å². The molecule has 0 aliphatic heterocycles. The van der Waals surface area contributed by atoms with Crippen molar-refractivity contribution >= 4 is 17.3 Å². The fraction of sp³-hybridized carbons (Fsp3) is 0.600. The van der Waals surface area contributed by atoms with Crippen LogP contribution in [0.4, 0.5) is 0 Å². The zero-order chi connectivity index (χ0) is 12.0. The number of nitrogens with zero attached hydrogens (tertiary/aromatic N) is 2. The van der Waals surface area contributed by atoms with Crippen LogP contribution in [0.25, 0.3) is 0 Å². The van der Waals surface area contributed by atoms with E-state index in [1.807, 2.05) is 14.0 Å². The van der Waals surface area contributed by atoms with Crippen LogP contribution in [-0.4, -0.2) is 47.8 Å². The summed E-state index contributed by atoms with van der Waals surface area (Å²) in [5, 5.41) is 10.6. The fourth-order valence-corrected chi connectivity index (χ4v) is 1.84. The van der Waals surface area contributed by atoms with Gasteiger partial charge in [0, 0.05) is 25.1 Å². The van der Waals surface area contributed by atoms with Gasteiger partial charge in [-0.15, -0.1) is 11.3 Å². The molecule has 1 aromatic heterocycles. The molecule has 0 unspecified atom stereocenters. The average Bonchev–Trinajstić information content (AvgIpc) is 2.66. The molecule has 0 spiro atoms. The van der Waals surface area contributed by atoms with Crippen molar-refractivity contribution in [3.63, 3.8) is 0 Å². The topological polar surface area (TPSA) is 62.7 Å².